The third-order valence-electron chi connectivity index (χ3n) is 2.89. The second-order valence-corrected chi connectivity index (χ2v) is 4.68. The average Bonchev–Trinajstić information content (AvgIpc) is 2.51. The number of hydrogen-bond donors (Lipinski definition) is 3. The predicted octanol–water partition coefficient (Wildman–Crippen LogP) is 0.898. The number of rotatable bonds is 10. The SMILES string of the molecule is COc1ccc(OCCCC(=O)NC(CC(=O)O)C(=O)O)cc1. The van der Waals surface area contributed by atoms with Gasteiger partial charge in [-0.05, 0) is 30.7 Å². The zero-order valence-corrected chi connectivity index (χ0v) is 12.7. The zero-order valence-electron chi connectivity index (χ0n) is 12.7. The van der Waals surface area contributed by atoms with Crippen LogP contribution in [0.3, 0.4) is 0 Å². The van der Waals surface area contributed by atoms with E-state index < -0.39 is 30.3 Å². The summed E-state index contributed by atoms with van der Waals surface area (Å²) in [6.07, 6.45) is -0.250. The molecule has 8 nitrogen and oxygen atoms in total. The Morgan fingerprint density at radius 1 is 1.13 bits per heavy atom. The van der Waals surface area contributed by atoms with Crippen LogP contribution in [-0.4, -0.2) is 47.8 Å². The third kappa shape index (κ3) is 7.16. The van der Waals surface area contributed by atoms with Gasteiger partial charge in [0, 0.05) is 6.42 Å². The Balaban J connectivity index is 2.29. The van der Waals surface area contributed by atoms with Gasteiger partial charge in [-0.2, -0.15) is 0 Å². The van der Waals surface area contributed by atoms with Crippen molar-refractivity contribution in [1.82, 2.24) is 5.32 Å². The molecule has 8 heteroatoms. The van der Waals surface area contributed by atoms with Gasteiger partial charge in [0.15, 0.2) is 0 Å². The Bertz CT molecular complexity index is 541. The van der Waals surface area contributed by atoms with Gasteiger partial charge in [-0.25, -0.2) is 4.79 Å². The number of amides is 1. The van der Waals surface area contributed by atoms with E-state index in [1.165, 1.54) is 0 Å². The van der Waals surface area contributed by atoms with Crippen molar-refractivity contribution in [2.45, 2.75) is 25.3 Å². The smallest absolute Gasteiger partial charge is 0.326 e. The lowest BCUT2D eigenvalue weighted by Gasteiger charge is -2.12. The molecule has 0 fully saturated rings. The van der Waals surface area contributed by atoms with E-state index in [2.05, 4.69) is 5.32 Å². The summed E-state index contributed by atoms with van der Waals surface area (Å²) in [6.45, 7) is 0.274. The minimum Gasteiger partial charge on any atom is -0.497 e. The van der Waals surface area contributed by atoms with Crippen molar-refractivity contribution in [3.05, 3.63) is 24.3 Å². The first-order valence-electron chi connectivity index (χ1n) is 6.93. The summed E-state index contributed by atoms with van der Waals surface area (Å²) < 4.78 is 10.4. The molecular formula is C15H19NO7. The van der Waals surface area contributed by atoms with Gasteiger partial charge in [0.2, 0.25) is 5.91 Å². The Kier molecular flexibility index (Phi) is 7.38. The van der Waals surface area contributed by atoms with Crippen LogP contribution in [-0.2, 0) is 14.4 Å². The maximum Gasteiger partial charge on any atom is 0.326 e. The van der Waals surface area contributed by atoms with Gasteiger partial charge in [-0.15, -0.1) is 0 Å². The van der Waals surface area contributed by atoms with Gasteiger partial charge in [0.1, 0.15) is 17.5 Å². The first kappa shape index (κ1) is 18.3. The van der Waals surface area contributed by atoms with E-state index in [0.29, 0.717) is 17.9 Å². The van der Waals surface area contributed by atoms with Gasteiger partial charge in [0.25, 0.3) is 0 Å². The van der Waals surface area contributed by atoms with Crippen LogP contribution >= 0.6 is 0 Å². The summed E-state index contributed by atoms with van der Waals surface area (Å²) >= 11 is 0. The molecule has 1 atom stereocenters. The number of nitrogens with one attached hydrogen (secondary N) is 1. The van der Waals surface area contributed by atoms with Crippen molar-refractivity contribution in [1.29, 1.82) is 0 Å². The molecule has 0 saturated carbocycles. The second kappa shape index (κ2) is 9.29. The molecule has 0 aliphatic rings. The molecule has 0 aromatic heterocycles. The molecule has 1 rings (SSSR count). The highest BCUT2D eigenvalue weighted by atomic mass is 16.5. The van der Waals surface area contributed by atoms with Gasteiger partial charge in [0.05, 0.1) is 20.1 Å². The minimum atomic E-state index is -1.43. The topological polar surface area (TPSA) is 122 Å². The predicted molar refractivity (Wildman–Crippen MR) is 79.5 cm³/mol. The van der Waals surface area contributed by atoms with Crippen LogP contribution in [0, 0.1) is 0 Å². The molecule has 0 saturated heterocycles. The van der Waals surface area contributed by atoms with Crippen molar-refractivity contribution in [2.75, 3.05) is 13.7 Å². The summed E-state index contributed by atoms with van der Waals surface area (Å²) in [6, 6.07) is 5.51. The number of carboxylic acids is 2. The molecule has 0 spiro atoms. The molecule has 23 heavy (non-hydrogen) atoms. The molecule has 0 bridgehead atoms. The Labute approximate surface area is 133 Å². The molecule has 0 aliphatic carbocycles. The molecule has 1 aromatic carbocycles. The molecule has 0 aliphatic heterocycles. The summed E-state index contributed by atoms with van der Waals surface area (Å²) in [5.41, 5.74) is 0. The molecule has 1 aromatic rings. The van der Waals surface area contributed by atoms with E-state index in [1.54, 1.807) is 31.4 Å². The fourth-order valence-corrected chi connectivity index (χ4v) is 1.74. The number of ether oxygens (including phenoxy) is 2. The largest absolute Gasteiger partial charge is 0.497 e. The Morgan fingerprint density at radius 2 is 1.74 bits per heavy atom. The van der Waals surface area contributed by atoms with Gasteiger partial charge < -0.3 is 25.0 Å². The number of methoxy groups -OCH3 is 1. The van der Waals surface area contributed by atoms with E-state index in [1.807, 2.05) is 0 Å². The fourth-order valence-electron chi connectivity index (χ4n) is 1.74. The van der Waals surface area contributed by atoms with Crippen LogP contribution in [0.5, 0.6) is 11.5 Å². The molecule has 1 unspecified atom stereocenters. The van der Waals surface area contributed by atoms with Crippen molar-refractivity contribution in [3.63, 3.8) is 0 Å². The van der Waals surface area contributed by atoms with Gasteiger partial charge >= 0.3 is 11.9 Å². The maximum absolute atomic E-state index is 11.6. The molecule has 126 valence electrons. The van der Waals surface area contributed by atoms with E-state index in [-0.39, 0.29) is 13.0 Å². The summed E-state index contributed by atoms with van der Waals surface area (Å²) in [5, 5.41) is 19.6. The van der Waals surface area contributed by atoms with Crippen LogP contribution < -0.4 is 14.8 Å². The monoisotopic (exact) mass is 325 g/mol. The zero-order chi connectivity index (χ0) is 17.2. The van der Waals surface area contributed by atoms with Crippen molar-refractivity contribution < 1.29 is 34.1 Å². The van der Waals surface area contributed by atoms with E-state index in [9.17, 15) is 14.4 Å². The highest BCUT2D eigenvalue weighted by Gasteiger charge is 2.22. The first-order chi connectivity index (χ1) is 10.9. The fraction of sp³-hybridized carbons (Fsp3) is 0.400. The van der Waals surface area contributed by atoms with Crippen LogP contribution in [0.2, 0.25) is 0 Å². The van der Waals surface area contributed by atoms with E-state index in [4.69, 9.17) is 19.7 Å². The van der Waals surface area contributed by atoms with E-state index in [0.717, 1.165) is 0 Å². The van der Waals surface area contributed by atoms with Crippen LogP contribution in [0.15, 0.2) is 24.3 Å². The number of carbonyl (C=O) groups is 3. The first-order valence-corrected chi connectivity index (χ1v) is 6.93. The summed E-state index contributed by atoms with van der Waals surface area (Å²) in [5.74, 6) is -1.87. The Morgan fingerprint density at radius 3 is 2.26 bits per heavy atom. The minimum absolute atomic E-state index is 0.0412. The lowest BCUT2D eigenvalue weighted by atomic mass is 10.2. The molecule has 0 heterocycles. The van der Waals surface area contributed by atoms with Gasteiger partial charge in [-0.3, -0.25) is 9.59 Å². The lowest BCUT2D eigenvalue weighted by Crippen LogP contribution is -2.42. The van der Waals surface area contributed by atoms with Crippen molar-refractivity contribution in [2.24, 2.45) is 0 Å². The van der Waals surface area contributed by atoms with Crippen LogP contribution in [0.1, 0.15) is 19.3 Å². The molecule has 1 amide bonds. The van der Waals surface area contributed by atoms with E-state index >= 15 is 0 Å². The number of carboxylic acid groups (broad SMARTS) is 2. The third-order valence-corrected chi connectivity index (χ3v) is 2.89. The van der Waals surface area contributed by atoms with Crippen LogP contribution in [0.25, 0.3) is 0 Å². The second-order valence-electron chi connectivity index (χ2n) is 4.68. The molecule has 0 radical (unpaired) electrons. The lowest BCUT2D eigenvalue weighted by molar-refractivity contribution is -0.147. The molecular weight excluding hydrogens is 306 g/mol. The Hall–Kier alpha value is -2.77. The van der Waals surface area contributed by atoms with Crippen molar-refractivity contribution >= 4 is 17.8 Å². The number of hydrogen-bond acceptors (Lipinski definition) is 5. The number of carbonyl (C=O) groups excluding carboxylic acids is 1. The summed E-state index contributed by atoms with van der Waals surface area (Å²) in [4.78, 5) is 32.9. The highest BCUT2D eigenvalue weighted by Crippen LogP contribution is 2.17. The maximum atomic E-state index is 11.6. The quantitative estimate of drug-likeness (QED) is 0.546. The normalized spacial score (nSPS) is 11.3. The van der Waals surface area contributed by atoms with Gasteiger partial charge in [-0.1, -0.05) is 0 Å². The highest BCUT2D eigenvalue weighted by molar-refractivity contribution is 5.86. The number of aliphatic carboxylic acids is 2. The van der Waals surface area contributed by atoms with Crippen molar-refractivity contribution in [3.8, 4) is 11.5 Å². The standard InChI is InChI=1S/C15H19NO7/c1-22-10-4-6-11(7-5-10)23-8-2-3-13(17)16-12(15(20)21)9-14(18)19/h4-7,12H,2-3,8-9H2,1H3,(H,16,17)(H,18,19)(H,20,21). The molecule has 3 N–H and O–H groups in total. The van der Waals surface area contributed by atoms with Crippen LogP contribution in [0.4, 0.5) is 0 Å². The number of benzene rings is 1. The average molecular weight is 325 g/mol. The summed E-state index contributed by atoms with van der Waals surface area (Å²) in [7, 11) is 1.56.